The Morgan fingerprint density at radius 3 is 2.57 bits per heavy atom. The van der Waals surface area contributed by atoms with Crippen molar-refractivity contribution >= 4 is 12.0 Å². The molecule has 150 valence electrons. The Bertz CT molecular complexity index is 786. The number of carbonyl (C=O) groups excluding carboxylic acids is 1. The van der Waals surface area contributed by atoms with Crippen molar-refractivity contribution in [1.29, 1.82) is 0 Å². The summed E-state index contributed by atoms with van der Waals surface area (Å²) in [5.74, 6) is 2.11. The molecule has 0 fully saturated rings. The molecule has 28 heavy (non-hydrogen) atoms. The van der Waals surface area contributed by atoms with Gasteiger partial charge in [0.1, 0.15) is 5.75 Å². The molecule has 0 aliphatic heterocycles. The molecule has 0 aliphatic rings. The summed E-state index contributed by atoms with van der Waals surface area (Å²) in [5.41, 5.74) is 2.04. The second kappa shape index (κ2) is 11.7. The summed E-state index contributed by atoms with van der Waals surface area (Å²) < 4.78 is 16.3. The minimum Gasteiger partial charge on any atom is -0.493 e. The van der Waals surface area contributed by atoms with Crippen molar-refractivity contribution < 1.29 is 19.0 Å². The highest BCUT2D eigenvalue weighted by Crippen LogP contribution is 2.27. The van der Waals surface area contributed by atoms with Crippen LogP contribution in [-0.2, 0) is 11.2 Å². The maximum absolute atomic E-state index is 12.0. The van der Waals surface area contributed by atoms with Crippen LogP contribution in [0.3, 0.4) is 0 Å². The van der Waals surface area contributed by atoms with Crippen molar-refractivity contribution in [1.82, 2.24) is 5.32 Å². The normalized spacial score (nSPS) is 10.7. The molecule has 5 heteroatoms. The lowest BCUT2D eigenvalue weighted by Crippen LogP contribution is -2.22. The minimum absolute atomic E-state index is 0.120. The fourth-order valence-electron chi connectivity index (χ4n) is 2.74. The molecule has 0 aliphatic carbocycles. The molecule has 1 N–H and O–H groups in total. The minimum atomic E-state index is -0.120. The molecule has 0 saturated heterocycles. The smallest absolute Gasteiger partial charge is 0.243 e. The van der Waals surface area contributed by atoms with Crippen molar-refractivity contribution in [2.45, 2.75) is 26.2 Å². The van der Waals surface area contributed by atoms with Gasteiger partial charge in [-0.15, -0.1) is 0 Å². The van der Waals surface area contributed by atoms with Crippen LogP contribution in [0.25, 0.3) is 6.08 Å². The van der Waals surface area contributed by atoms with Crippen molar-refractivity contribution in [2.24, 2.45) is 0 Å². The molecule has 0 aromatic heterocycles. The Hall–Kier alpha value is -2.95. The second-order valence-electron chi connectivity index (χ2n) is 6.30. The Morgan fingerprint density at radius 2 is 1.82 bits per heavy atom. The van der Waals surface area contributed by atoms with E-state index in [1.165, 1.54) is 11.6 Å². The van der Waals surface area contributed by atoms with Gasteiger partial charge in [0.25, 0.3) is 0 Å². The van der Waals surface area contributed by atoms with E-state index in [0.717, 1.165) is 30.6 Å². The lowest BCUT2D eigenvalue weighted by atomic mass is 10.1. The maximum Gasteiger partial charge on any atom is 0.243 e. The number of aryl methyl sites for hydroxylation is 1. The van der Waals surface area contributed by atoms with Gasteiger partial charge in [-0.2, -0.15) is 0 Å². The summed E-state index contributed by atoms with van der Waals surface area (Å²) in [5, 5.41) is 2.91. The van der Waals surface area contributed by atoms with E-state index in [1.54, 1.807) is 20.3 Å². The number of rotatable bonds is 11. The number of hydrogen-bond donors (Lipinski definition) is 1. The van der Waals surface area contributed by atoms with Crippen LogP contribution >= 0.6 is 0 Å². The second-order valence-corrected chi connectivity index (χ2v) is 6.30. The fraction of sp³-hybridized carbons (Fsp3) is 0.348. The van der Waals surface area contributed by atoms with Crippen LogP contribution in [0.15, 0.2) is 48.5 Å². The number of carbonyl (C=O) groups is 1. The summed E-state index contributed by atoms with van der Waals surface area (Å²) in [6.45, 7) is 3.42. The zero-order valence-electron chi connectivity index (χ0n) is 16.9. The Labute approximate surface area is 167 Å². The van der Waals surface area contributed by atoms with Crippen LogP contribution in [0.5, 0.6) is 17.2 Å². The Kier molecular flexibility index (Phi) is 8.92. The first kappa shape index (κ1) is 21.4. The lowest BCUT2D eigenvalue weighted by Gasteiger charge is -2.10. The summed E-state index contributed by atoms with van der Waals surface area (Å²) in [7, 11) is 3.18. The number of benzene rings is 2. The molecule has 0 heterocycles. The van der Waals surface area contributed by atoms with E-state index in [9.17, 15) is 4.79 Å². The van der Waals surface area contributed by atoms with Gasteiger partial charge >= 0.3 is 0 Å². The monoisotopic (exact) mass is 383 g/mol. The van der Waals surface area contributed by atoms with Crippen LogP contribution < -0.4 is 19.5 Å². The molecule has 5 nitrogen and oxygen atoms in total. The van der Waals surface area contributed by atoms with Crippen LogP contribution in [0.4, 0.5) is 0 Å². The Balaban J connectivity index is 1.80. The molecule has 2 rings (SSSR count). The van der Waals surface area contributed by atoms with E-state index in [4.69, 9.17) is 14.2 Å². The zero-order valence-corrected chi connectivity index (χ0v) is 16.9. The molecule has 0 saturated carbocycles. The number of nitrogens with one attached hydrogen (secondary N) is 1. The first-order valence-electron chi connectivity index (χ1n) is 9.56. The molecular weight excluding hydrogens is 354 g/mol. The highest BCUT2D eigenvalue weighted by molar-refractivity contribution is 5.91. The fourth-order valence-corrected chi connectivity index (χ4v) is 2.74. The van der Waals surface area contributed by atoms with E-state index in [-0.39, 0.29) is 5.91 Å². The van der Waals surface area contributed by atoms with Gasteiger partial charge in [-0.1, -0.05) is 31.2 Å². The van der Waals surface area contributed by atoms with Crippen LogP contribution in [0.2, 0.25) is 0 Å². The molecule has 2 aromatic rings. The standard InChI is InChI=1S/C23H29NO4/c1-4-16-28-20-10-6-5-8-19(20)9-7-15-24-23(25)14-12-18-11-13-21(26-2)22(17-18)27-3/h5-6,8,10-14,17H,4,7,9,15-16H2,1-3H3,(H,24,25)/b14-12+. The number of ether oxygens (including phenoxy) is 3. The number of amides is 1. The van der Waals surface area contributed by atoms with Gasteiger partial charge in [0, 0.05) is 12.6 Å². The maximum atomic E-state index is 12.0. The molecule has 0 radical (unpaired) electrons. The first-order valence-corrected chi connectivity index (χ1v) is 9.56. The lowest BCUT2D eigenvalue weighted by molar-refractivity contribution is -0.116. The summed E-state index contributed by atoms with van der Waals surface area (Å²) in [6.07, 6.45) is 5.98. The highest BCUT2D eigenvalue weighted by Gasteiger charge is 2.04. The third-order valence-corrected chi connectivity index (χ3v) is 4.19. The van der Waals surface area contributed by atoms with Gasteiger partial charge in [0.15, 0.2) is 11.5 Å². The van der Waals surface area contributed by atoms with Crippen molar-refractivity contribution in [3.8, 4) is 17.2 Å². The zero-order chi connectivity index (χ0) is 20.2. The summed E-state index contributed by atoms with van der Waals surface area (Å²) >= 11 is 0. The summed E-state index contributed by atoms with van der Waals surface area (Å²) in [4.78, 5) is 12.0. The van der Waals surface area contributed by atoms with E-state index < -0.39 is 0 Å². The molecule has 0 bridgehead atoms. The van der Waals surface area contributed by atoms with E-state index in [1.807, 2.05) is 36.4 Å². The topological polar surface area (TPSA) is 56.8 Å². The average molecular weight is 383 g/mol. The molecular formula is C23H29NO4. The Morgan fingerprint density at radius 1 is 1.04 bits per heavy atom. The van der Waals surface area contributed by atoms with Crippen LogP contribution in [0.1, 0.15) is 30.9 Å². The van der Waals surface area contributed by atoms with Gasteiger partial charge in [0.05, 0.1) is 20.8 Å². The molecule has 0 unspecified atom stereocenters. The predicted octanol–water partition coefficient (Wildman–Crippen LogP) is 4.25. The van der Waals surface area contributed by atoms with Crippen molar-refractivity contribution in [3.63, 3.8) is 0 Å². The van der Waals surface area contributed by atoms with Crippen molar-refractivity contribution in [2.75, 3.05) is 27.4 Å². The van der Waals surface area contributed by atoms with E-state index in [0.29, 0.717) is 24.7 Å². The van der Waals surface area contributed by atoms with Crippen molar-refractivity contribution in [3.05, 3.63) is 59.7 Å². The van der Waals surface area contributed by atoms with Crippen LogP contribution in [0, 0.1) is 0 Å². The van der Waals surface area contributed by atoms with Gasteiger partial charge in [-0.3, -0.25) is 4.79 Å². The van der Waals surface area contributed by atoms with Gasteiger partial charge in [-0.05, 0) is 54.7 Å². The number of para-hydroxylation sites is 1. The quantitative estimate of drug-likeness (QED) is 0.465. The molecule has 1 amide bonds. The third-order valence-electron chi connectivity index (χ3n) is 4.19. The van der Waals surface area contributed by atoms with Crippen LogP contribution in [-0.4, -0.2) is 33.3 Å². The molecule has 0 spiro atoms. The SMILES string of the molecule is CCCOc1ccccc1CCCNC(=O)/C=C/c1ccc(OC)c(OC)c1. The molecule has 0 atom stereocenters. The third kappa shape index (κ3) is 6.65. The summed E-state index contributed by atoms with van der Waals surface area (Å²) in [6, 6.07) is 13.6. The first-order chi connectivity index (χ1) is 13.7. The van der Waals surface area contributed by atoms with Gasteiger partial charge in [0.2, 0.25) is 5.91 Å². The number of methoxy groups -OCH3 is 2. The van der Waals surface area contributed by atoms with E-state index >= 15 is 0 Å². The molecule has 2 aromatic carbocycles. The van der Waals surface area contributed by atoms with Gasteiger partial charge < -0.3 is 19.5 Å². The van der Waals surface area contributed by atoms with E-state index in [2.05, 4.69) is 18.3 Å². The number of hydrogen-bond acceptors (Lipinski definition) is 4. The largest absolute Gasteiger partial charge is 0.493 e. The predicted molar refractivity (Wildman–Crippen MR) is 112 cm³/mol. The van der Waals surface area contributed by atoms with Gasteiger partial charge in [-0.25, -0.2) is 0 Å². The average Bonchev–Trinajstić information content (AvgIpc) is 2.74. The highest BCUT2D eigenvalue weighted by atomic mass is 16.5.